The van der Waals surface area contributed by atoms with Crippen LogP contribution >= 0.6 is 24.0 Å². The van der Waals surface area contributed by atoms with E-state index in [0.717, 1.165) is 47.5 Å². The van der Waals surface area contributed by atoms with Crippen molar-refractivity contribution < 1.29 is 4.74 Å². The van der Waals surface area contributed by atoms with Crippen LogP contribution in [0.1, 0.15) is 26.2 Å². The minimum atomic E-state index is 0.735. The number of hydrogen-bond acceptors (Lipinski definition) is 3. The second kappa shape index (κ2) is 7.74. The summed E-state index contributed by atoms with van der Waals surface area (Å²) < 4.78 is 8.76. The maximum Gasteiger partial charge on any atom is 0.178 e. The van der Waals surface area contributed by atoms with Gasteiger partial charge in [0.15, 0.2) is 4.77 Å². The summed E-state index contributed by atoms with van der Waals surface area (Å²) in [6, 6.07) is 6.14. The molecule has 20 heavy (non-hydrogen) atoms. The monoisotopic (exact) mass is 310 g/mol. The van der Waals surface area contributed by atoms with Crippen molar-refractivity contribution in [3.05, 3.63) is 23.0 Å². The highest BCUT2D eigenvalue weighted by Gasteiger charge is 2.08. The number of aryl methyl sites for hydroxylation is 1. The van der Waals surface area contributed by atoms with Crippen LogP contribution in [0, 0.1) is 4.77 Å². The minimum absolute atomic E-state index is 0.735. The molecule has 110 valence electrons. The summed E-state index contributed by atoms with van der Waals surface area (Å²) in [6.45, 7) is 3.81. The quantitative estimate of drug-likeness (QED) is 0.569. The Bertz CT molecular complexity index is 603. The highest BCUT2D eigenvalue weighted by atomic mass is 32.2. The topological polar surface area (TPSA) is 29.9 Å². The summed E-state index contributed by atoms with van der Waals surface area (Å²) >= 11 is 7.34. The van der Waals surface area contributed by atoms with Crippen molar-refractivity contribution in [2.75, 3.05) is 18.6 Å². The third-order valence-electron chi connectivity index (χ3n) is 3.21. The van der Waals surface area contributed by atoms with E-state index in [1.807, 2.05) is 23.9 Å². The van der Waals surface area contributed by atoms with E-state index in [1.54, 1.807) is 0 Å². The number of fused-ring (bicyclic) bond motifs is 1. The van der Waals surface area contributed by atoms with E-state index in [2.05, 4.69) is 28.8 Å². The maximum atomic E-state index is 5.79. The van der Waals surface area contributed by atoms with Gasteiger partial charge in [0.25, 0.3) is 0 Å². The van der Waals surface area contributed by atoms with Gasteiger partial charge in [-0.25, -0.2) is 0 Å². The Hall–Kier alpha value is -0.940. The number of hydrogen-bond donors (Lipinski definition) is 1. The summed E-state index contributed by atoms with van der Waals surface area (Å²) in [5, 5.41) is 0. The molecule has 0 saturated carbocycles. The molecule has 2 rings (SSSR count). The maximum absolute atomic E-state index is 5.79. The molecule has 2 aromatic rings. The lowest BCUT2D eigenvalue weighted by Gasteiger charge is -2.07. The molecule has 0 aliphatic rings. The van der Waals surface area contributed by atoms with Gasteiger partial charge in [0.1, 0.15) is 11.3 Å². The smallest absolute Gasteiger partial charge is 0.178 e. The molecule has 0 fully saturated rings. The van der Waals surface area contributed by atoms with Gasteiger partial charge in [-0.1, -0.05) is 13.0 Å². The fourth-order valence-electron chi connectivity index (χ4n) is 2.22. The summed E-state index contributed by atoms with van der Waals surface area (Å²) in [6.07, 6.45) is 5.53. The molecule has 0 unspecified atom stereocenters. The molecular formula is C15H22N2OS2. The Morgan fingerprint density at radius 3 is 2.95 bits per heavy atom. The summed E-state index contributed by atoms with van der Waals surface area (Å²) in [5.74, 6) is 2.11. The van der Waals surface area contributed by atoms with Gasteiger partial charge in [0.05, 0.1) is 12.1 Å². The first-order valence-corrected chi connectivity index (χ1v) is 8.91. The Morgan fingerprint density at radius 1 is 1.35 bits per heavy atom. The lowest BCUT2D eigenvalue weighted by molar-refractivity contribution is 0.320. The zero-order valence-corrected chi connectivity index (χ0v) is 13.8. The van der Waals surface area contributed by atoms with Crippen molar-refractivity contribution in [1.29, 1.82) is 0 Å². The van der Waals surface area contributed by atoms with E-state index >= 15 is 0 Å². The highest BCUT2D eigenvalue weighted by molar-refractivity contribution is 7.98. The van der Waals surface area contributed by atoms with Crippen molar-refractivity contribution in [1.82, 2.24) is 9.55 Å². The first-order chi connectivity index (χ1) is 9.77. The molecule has 5 heteroatoms. The number of rotatable bonds is 8. The van der Waals surface area contributed by atoms with Crippen molar-refractivity contribution in [2.45, 2.75) is 32.7 Å². The van der Waals surface area contributed by atoms with Crippen LogP contribution in [0.15, 0.2) is 18.2 Å². The number of ether oxygens (including phenoxy) is 1. The van der Waals surface area contributed by atoms with Gasteiger partial charge >= 0.3 is 0 Å². The van der Waals surface area contributed by atoms with Crippen molar-refractivity contribution in [3.8, 4) is 5.75 Å². The largest absolute Gasteiger partial charge is 0.491 e. The summed E-state index contributed by atoms with van der Waals surface area (Å²) in [4.78, 5) is 3.29. The second-order valence-corrected chi connectivity index (χ2v) is 6.15. The first kappa shape index (κ1) is 15.4. The first-order valence-electron chi connectivity index (χ1n) is 7.11. The number of aromatic amines is 1. The van der Waals surface area contributed by atoms with Gasteiger partial charge in [-0.2, -0.15) is 11.8 Å². The molecule has 0 atom stereocenters. The molecule has 0 bridgehead atoms. The van der Waals surface area contributed by atoms with E-state index in [4.69, 9.17) is 17.0 Å². The molecular weight excluding hydrogens is 288 g/mol. The number of thioether (sulfide) groups is 1. The average Bonchev–Trinajstić information content (AvgIpc) is 2.78. The molecule has 0 radical (unpaired) electrons. The molecule has 0 amide bonds. The molecule has 0 aliphatic heterocycles. The Kier molecular flexibility index (Phi) is 5.98. The third-order valence-corrected chi connectivity index (χ3v) is 4.23. The molecule has 1 heterocycles. The summed E-state index contributed by atoms with van der Waals surface area (Å²) in [5.41, 5.74) is 2.17. The van der Waals surface area contributed by atoms with Gasteiger partial charge in [-0.05, 0) is 55.6 Å². The van der Waals surface area contributed by atoms with E-state index in [-0.39, 0.29) is 0 Å². The predicted octanol–water partition coefficient (Wildman–Crippen LogP) is 4.63. The van der Waals surface area contributed by atoms with Gasteiger partial charge in [-0.15, -0.1) is 0 Å². The Morgan fingerprint density at radius 2 is 2.20 bits per heavy atom. The standard InChI is InChI=1S/C15H22N2OS2/c1-3-10-18-13-8-6-7-12-14(13)16-15(19)17(12)9-4-5-11-20-2/h6-8H,3-5,9-11H2,1-2H3,(H,16,19). The molecule has 1 aromatic carbocycles. The van der Waals surface area contributed by atoms with Crippen LogP contribution < -0.4 is 4.74 Å². The normalized spacial score (nSPS) is 11.1. The van der Waals surface area contributed by atoms with Crippen LogP contribution in [0.4, 0.5) is 0 Å². The van der Waals surface area contributed by atoms with Crippen LogP contribution in [0.25, 0.3) is 11.0 Å². The predicted molar refractivity (Wildman–Crippen MR) is 90.5 cm³/mol. The average molecular weight is 310 g/mol. The van der Waals surface area contributed by atoms with E-state index < -0.39 is 0 Å². The van der Waals surface area contributed by atoms with Gasteiger partial charge in [0, 0.05) is 6.54 Å². The van der Waals surface area contributed by atoms with E-state index in [9.17, 15) is 0 Å². The number of aromatic nitrogens is 2. The van der Waals surface area contributed by atoms with Crippen molar-refractivity contribution in [2.24, 2.45) is 0 Å². The van der Waals surface area contributed by atoms with Crippen molar-refractivity contribution in [3.63, 3.8) is 0 Å². The fourth-order valence-corrected chi connectivity index (χ4v) is 3.01. The molecule has 0 spiro atoms. The van der Waals surface area contributed by atoms with Crippen LogP contribution in [0.2, 0.25) is 0 Å². The molecule has 3 nitrogen and oxygen atoms in total. The Balaban J connectivity index is 2.22. The van der Waals surface area contributed by atoms with Gasteiger partial charge in [0.2, 0.25) is 0 Å². The van der Waals surface area contributed by atoms with Gasteiger partial charge < -0.3 is 14.3 Å². The zero-order valence-electron chi connectivity index (χ0n) is 12.1. The van der Waals surface area contributed by atoms with Gasteiger partial charge in [-0.3, -0.25) is 0 Å². The van der Waals surface area contributed by atoms with Crippen LogP contribution in [0.3, 0.4) is 0 Å². The molecule has 0 aliphatic carbocycles. The molecule has 1 aromatic heterocycles. The molecule has 0 saturated heterocycles. The Labute approximate surface area is 129 Å². The van der Waals surface area contributed by atoms with E-state index in [0.29, 0.717) is 0 Å². The minimum Gasteiger partial charge on any atom is -0.491 e. The second-order valence-electron chi connectivity index (χ2n) is 4.78. The van der Waals surface area contributed by atoms with Crippen LogP contribution in [-0.2, 0) is 6.54 Å². The third kappa shape index (κ3) is 3.58. The number of nitrogens with one attached hydrogen (secondary N) is 1. The fraction of sp³-hybridized carbons (Fsp3) is 0.533. The number of nitrogens with zero attached hydrogens (tertiary/aromatic N) is 1. The van der Waals surface area contributed by atoms with Crippen LogP contribution in [0.5, 0.6) is 5.75 Å². The number of H-pyrrole nitrogens is 1. The lowest BCUT2D eigenvalue weighted by atomic mass is 10.2. The highest BCUT2D eigenvalue weighted by Crippen LogP contribution is 2.25. The molecule has 1 N–H and O–H groups in total. The lowest BCUT2D eigenvalue weighted by Crippen LogP contribution is -1.99. The number of unbranched alkanes of at least 4 members (excludes halogenated alkanes) is 1. The zero-order chi connectivity index (χ0) is 14.4. The SMILES string of the molecule is CCCOc1cccc2c1[nH]c(=S)n2CCCCSC. The van der Waals surface area contributed by atoms with Crippen LogP contribution in [-0.4, -0.2) is 28.2 Å². The van der Waals surface area contributed by atoms with Crippen molar-refractivity contribution >= 4 is 35.0 Å². The number of imidazole rings is 1. The summed E-state index contributed by atoms with van der Waals surface area (Å²) in [7, 11) is 0. The van der Waals surface area contributed by atoms with E-state index in [1.165, 1.54) is 12.2 Å². The number of benzene rings is 1. The number of para-hydroxylation sites is 1.